The molecule has 250 valence electrons. The number of fused-ring (bicyclic) bond motifs is 4. The fourth-order valence-electron chi connectivity index (χ4n) is 8.30. The number of hydrogen-bond donors (Lipinski definition) is 0. The predicted octanol–water partition coefficient (Wildman–Crippen LogP) is 13.7. The third-order valence-corrected chi connectivity index (χ3v) is 10.7. The summed E-state index contributed by atoms with van der Waals surface area (Å²) in [7, 11) is 0. The molecule has 0 saturated heterocycles. The summed E-state index contributed by atoms with van der Waals surface area (Å²) < 4.78 is 2.30. The fraction of sp³-hybridized carbons (Fsp3) is 0.0392. The van der Waals surface area contributed by atoms with Gasteiger partial charge in [0.15, 0.2) is 0 Å². The van der Waals surface area contributed by atoms with Gasteiger partial charge in [-0.25, -0.2) is 4.98 Å². The van der Waals surface area contributed by atoms with Gasteiger partial charge in [0.2, 0.25) is 0 Å². The van der Waals surface area contributed by atoms with Crippen molar-refractivity contribution in [1.29, 1.82) is 0 Å². The number of para-hydroxylation sites is 2. The van der Waals surface area contributed by atoms with Crippen LogP contribution in [-0.4, -0.2) is 9.55 Å². The van der Waals surface area contributed by atoms with Crippen molar-refractivity contribution in [2.45, 2.75) is 13.3 Å². The maximum atomic E-state index is 4.96. The molecular weight excluding hydrogens is 641 g/mol. The molecule has 0 aliphatic heterocycles. The largest absolute Gasteiger partial charge is 0.296 e. The molecule has 0 fully saturated rings. The van der Waals surface area contributed by atoms with Crippen LogP contribution in [0.15, 0.2) is 188 Å². The molecule has 2 heteroatoms. The van der Waals surface area contributed by atoms with Crippen LogP contribution in [0.25, 0.3) is 93.5 Å². The molecule has 53 heavy (non-hydrogen) atoms. The van der Waals surface area contributed by atoms with E-state index in [1.165, 1.54) is 76.8 Å². The van der Waals surface area contributed by atoms with Gasteiger partial charge in [-0.05, 0) is 113 Å². The summed E-state index contributed by atoms with van der Waals surface area (Å²) in [5.41, 5.74) is 13.1. The lowest BCUT2D eigenvalue weighted by atomic mass is 9.84. The average molecular weight is 677 g/mol. The highest BCUT2D eigenvalue weighted by atomic mass is 15.1. The van der Waals surface area contributed by atoms with E-state index in [-0.39, 0.29) is 0 Å². The molecule has 9 aromatic carbocycles. The minimum absolute atomic E-state index is 0.856. The van der Waals surface area contributed by atoms with Crippen molar-refractivity contribution in [2.75, 3.05) is 0 Å². The number of nitrogens with zero attached hydrogens (tertiary/aromatic N) is 2. The summed E-state index contributed by atoms with van der Waals surface area (Å²) in [6, 6.07) is 68.6. The Labute approximate surface area is 309 Å². The van der Waals surface area contributed by atoms with Crippen molar-refractivity contribution in [2.24, 2.45) is 0 Å². The fourth-order valence-corrected chi connectivity index (χ4v) is 8.30. The van der Waals surface area contributed by atoms with E-state index in [2.05, 4.69) is 200 Å². The van der Waals surface area contributed by atoms with Gasteiger partial charge < -0.3 is 0 Å². The molecule has 0 atom stereocenters. The summed E-state index contributed by atoms with van der Waals surface area (Å²) in [6.45, 7) is 2.18. The van der Waals surface area contributed by atoms with Gasteiger partial charge >= 0.3 is 0 Å². The normalized spacial score (nSPS) is 11.6. The Balaban J connectivity index is 1.25. The molecule has 0 spiro atoms. The summed E-state index contributed by atoms with van der Waals surface area (Å²) in [6.07, 6.45) is 0.856. The van der Waals surface area contributed by atoms with Crippen LogP contribution < -0.4 is 0 Å². The predicted molar refractivity (Wildman–Crippen MR) is 225 cm³/mol. The standard InChI is InChI=1S/C51H36N2/c1-2-49-52-47-22-12-13-23-48(47)53(49)40-29-26-36(27-30-40)50-43-20-10-11-21-44(43)51(39-25-24-34-14-6-7-17-37(34)32-39)45-31-28-38(33-46(45)50)42-19-9-8-18-41(42)35-15-4-3-5-16-35/h3-33H,2H2,1H3. The number of aryl methyl sites for hydroxylation is 1. The van der Waals surface area contributed by atoms with Crippen molar-refractivity contribution in [3.05, 3.63) is 194 Å². The van der Waals surface area contributed by atoms with Crippen molar-refractivity contribution in [1.82, 2.24) is 9.55 Å². The molecule has 0 aliphatic carbocycles. The lowest BCUT2D eigenvalue weighted by molar-refractivity contribution is 0.908. The molecule has 0 radical (unpaired) electrons. The molecule has 10 rings (SSSR count). The molecular formula is C51H36N2. The molecule has 1 aromatic heterocycles. The Kier molecular flexibility index (Phi) is 7.47. The number of imidazole rings is 1. The Hall–Kier alpha value is -6.77. The van der Waals surface area contributed by atoms with Gasteiger partial charge in [-0.3, -0.25) is 4.57 Å². The van der Waals surface area contributed by atoms with Crippen LogP contribution in [-0.2, 0) is 6.42 Å². The maximum Gasteiger partial charge on any atom is 0.114 e. The highest BCUT2D eigenvalue weighted by Gasteiger charge is 2.19. The van der Waals surface area contributed by atoms with Gasteiger partial charge in [-0.1, -0.05) is 159 Å². The first-order chi connectivity index (χ1) is 26.2. The minimum Gasteiger partial charge on any atom is -0.296 e. The molecule has 0 unspecified atom stereocenters. The zero-order valence-corrected chi connectivity index (χ0v) is 29.5. The van der Waals surface area contributed by atoms with Gasteiger partial charge in [0.25, 0.3) is 0 Å². The second-order valence-corrected chi connectivity index (χ2v) is 13.8. The second kappa shape index (κ2) is 12.8. The second-order valence-electron chi connectivity index (χ2n) is 13.8. The topological polar surface area (TPSA) is 17.8 Å². The Morgan fingerprint density at radius 3 is 1.77 bits per heavy atom. The lowest BCUT2D eigenvalue weighted by Crippen LogP contribution is -2.00. The van der Waals surface area contributed by atoms with Gasteiger partial charge in [0.1, 0.15) is 5.82 Å². The molecule has 1 heterocycles. The van der Waals surface area contributed by atoms with Crippen LogP contribution in [0.2, 0.25) is 0 Å². The van der Waals surface area contributed by atoms with E-state index in [9.17, 15) is 0 Å². The van der Waals surface area contributed by atoms with Gasteiger partial charge in [0, 0.05) is 12.1 Å². The highest BCUT2D eigenvalue weighted by molar-refractivity contribution is 6.22. The van der Waals surface area contributed by atoms with Crippen LogP contribution >= 0.6 is 0 Å². The minimum atomic E-state index is 0.856. The molecule has 0 amide bonds. The number of aromatic nitrogens is 2. The van der Waals surface area contributed by atoms with Gasteiger partial charge in [-0.2, -0.15) is 0 Å². The van der Waals surface area contributed by atoms with Crippen molar-refractivity contribution in [3.63, 3.8) is 0 Å². The van der Waals surface area contributed by atoms with Crippen LogP contribution in [0.5, 0.6) is 0 Å². The molecule has 0 saturated carbocycles. The van der Waals surface area contributed by atoms with Crippen LogP contribution in [0.1, 0.15) is 12.7 Å². The van der Waals surface area contributed by atoms with Crippen LogP contribution in [0.3, 0.4) is 0 Å². The maximum absolute atomic E-state index is 4.96. The third-order valence-electron chi connectivity index (χ3n) is 10.7. The summed E-state index contributed by atoms with van der Waals surface area (Å²) in [4.78, 5) is 4.96. The molecule has 0 N–H and O–H groups in total. The van der Waals surface area contributed by atoms with Crippen molar-refractivity contribution < 1.29 is 0 Å². The number of hydrogen-bond acceptors (Lipinski definition) is 1. The van der Waals surface area contributed by atoms with E-state index < -0.39 is 0 Å². The summed E-state index contributed by atoms with van der Waals surface area (Å²) >= 11 is 0. The van der Waals surface area contributed by atoms with E-state index in [1.807, 2.05) is 0 Å². The quantitative estimate of drug-likeness (QED) is 0.160. The van der Waals surface area contributed by atoms with Gasteiger partial charge in [-0.15, -0.1) is 0 Å². The Morgan fingerprint density at radius 1 is 0.415 bits per heavy atom. The Bertz CT molecular complexity index is 2970. The van der Waals surface area contributed by atoms with E-state index in [0.29, 0.717) is 0 Å². The summed E-state index contributed by atoms with van der Waals surface area (Å²) in [5.74, 6) is 1.07. The monoisotopic (exact) mass is 676 g/mol. The third kappa shape index (κ3) is 5.22. The molecule has 0 aliphatic rings. The van der Waals surface area contributed by atoms with Crippen molar-refractivity contribution >= 4 is 43.4 Å². The van der Waals surface area contributed by atoms with E-state index >= 15 is 0 Å². The molecule has 2 nitrogen and oxygen atoms in total. The van der Waals surface area contributed by atoms with Gasteiger partial charge in [0.05, 0.1) is 11.0 Å². The zero-order valence-electron chi connectivity index (χ0n) is 29.5. The smallest absolute Gasteiger partial charge is 0.114 e. The first kappa shape index (κ1) is 31.0. The van der Waals surface area contributed by atoms with Crippen LogP contribution in [0.4, 0.5) is 0 Å². The lowest BCUT2D eigenvalue weighted by Gasteiger charge is -2.20. The average Bonchev–Trinajstić information content (AvgIpc) is 3.62. The van der Waals surface area contributed by atoms with Crippen LogP contribution in [0, 0.1) is 0 Å². The Morgan fingerprint density at radius 2 is 1.00 bits per heavy atom. The van der Waals surface area contributed by atoms with E-state index in [4.69, 9.17) is 4.98 Å². The molecule has 10 aromatic rings. The molecule has 0 bridgehead atoms. The number of rotatable bonds is 6. The first-order valence-electron chi connectivity index (χ1n) is 18.4. The van der Waals surface area contributed by atoms with Crippen molar-refractivity contribution in [3.8, 4) is 50.2 Å². The SMILES string of the molecule is CCc1nc2ccccc2n1-c1ccc(-c2c3ccccc3c(-c3ccc4ccccc4c3)c3ccc(-c4ccccc4-c4ccccc4)cc23)cc1. The first-order valence-corrected chi connectivity index (χ1v) is 18.4. The highest BCUT2D eigenvalue weighted by Crippen LogP contribution is 2.46. The van der Waals surface area contributed by atoms with E-state index in [0.717, 1.165) is 29.0 Å². The summed E-state index contributed by atoms with van der Waals surface area (Å²) in [5, 5.41) is 7.47. The number of benzene rings is 9. The van der Waals surface area contributed by atoms with E-state index in [1.54, 1.807) is 0 Å². The zero-order chi connectivity index (χ0) is 35.3.